The summed E-state index contributed by atoms with van der Waals surface area (Å²) >= 11 is 0. The van der Waals surface area contributed by atoms with Crippen LogP contribution in [0.25, 0.3) is 10.9 Å². The molecular weight excluding hydrogens is 467 g/mol. The Morgan fingerprint density at radius 3 is 2.51 bits per heavy atom. The first-order chi connectivity index (χ1) is 18.0. The zero-order valence-electron chi connectivity index (χ0n) is 20.9. The van der Waals surface area contributed by atoms with E-state index in [-0.39, 0.29) is 17.4 Å². The minimum atomic E-state index is -0.281. The Bertz CT molecular complexity index is 1540. The van der Waals surface area contributed by atoms with Gasteiger partial charge >= 0.3 is 0 Å². The van der Waals surface area contributed by atoms with Crippen LogP contribution in [0.15, 0.2) is 83.7 Å². The number of aromatic amines is 1. The summed E-state index contributed by atoms with van der Waals surface area (Å²) in [6, 6.07) is 24.4. The van der Waals surface area contributed by atoms with Crippen LogP contribution in [0.2, 0.25) is 0 Å². The molecule has 2 aromatic heterocycles. The standard InChI is InChI=1S/C29H29FN6O/c1-3-27(28-32-33-34-36(28)18-22-10-12-25(30)13-11-22)35(17-21-7-5-4-6-8-21)19-24-16-23-15-20(2)9-14-26(23)31-29(24)37/h4-16,27H,3,17-19H2,1-2H3,(H,31,37)/t27-/m0/s1. The minimum absolute atomic E-state index is 0.102. The quantitative estimate of drug-likeness (QED) is 0.305. The molecule has 0 aliphatic carbocycles. The number of hydrogen-bond acceptors (Lipinski definition) is 5. The molecule has 188 valence electrons. The maximum atomic E-state index is 13.4. The van der Waals surface area contributed by atoms with E-state index < -0.39 is 0 Å². The summed E-state index contributed by atoms with van der Waals surface area (Å²) in [4.78, 5) is 18.4. The van der Waals surface area contributed by atoms with Gasteiger partial charge in [0.05, 0.1) is 12.6 Å². The summed E-state index contributed by atoms with van der Waals surface area (Å²) < 4.78 is 15.2. The smallest absolute Gasteiger partial charge is 0.252 e. The van der Waals surface area contributed by atoms with Gasteiger partial charge in [0.1, 0.15) is 5.82 Å². The van der Waals surface area contributed by atoms with E-state index in [4.69, 9.17) is 0 Å². The van der Waals surface area contributed by atoms with Crippen molar-refractivity contribution >= 4 is 10.9 Å². The van der Waals surface area contributed by atoms with Gasteiger partial charge in [-0.1, -0.05) is 61.0 Å². The first-order valence-corrected chi connectivity index (χ1v) is 12.4. The fourth-order valence-corrected chi connectivity index (χ4v) is 4.73. The lowest BCUT2D eigenvalue weighted by Crippen LogP contribution is -2.32. The van der Waals surface area contributed by atoms with E-state index >= 15 is 0 Å². The van der Waals surface area contributed by atoms with Crippen LogP contribution in [0.3, 0.4) is 0 Å². The molecule has 0 radical (unpaired) electrons. The van der Waals surface area contributed by atoms with E-state index in [0.717, 1.165) is 34.0 Å². The van der Waals surface area contributed by atoms with Crippen molar-refractivity contribution < 1.29 is 4.39 Å². The third-order valence-corrected chi connectivity index (χ3v) is 6.61. The molecular formula is C29H29FN6O. The molecule has 3 aromatic carbocycles. The van der Waals surface area contributed by atoms with Gasteiger partial charge in [-0.3, -0.25) is 9.69 Å². The van der Waals surface area contributed by atoms with Crippen LogP contribution in [0, 0.1) is 12.7 Å². The molecule has 1 N–H and O–H groups in total. The van der Waals surface area contributed by atoms with Crippen LogP contribution in [0.1, 0.15) is 47.5 Å². The van der Waals surface area contributed by atoms with Crippen molar-refractivity contribution in [1.29, 1.82) is 0 Å². The van der Waals surface area contributed by atoms with Crippen LogP contribution in [-0.4, -0.2) is 30.1 Å². The molecule has 5 aromatic rings. The van der Waals surface area contributed by atoms with Gasteiger partial charge in [-0.05, 0) is 70.6 Å². The molecule has 0 saturated heterocycles. The average molecular weight is 497 g/mol. The number of aryl methyl sites for hydroxylation is 1. The highest BCUT2D eigenvalue weighted by atomic mass is 19.1. The summed E-state index contributed by atoms with van der Waals surface area (Å²) in [5.74, 6) is 0.424. The number of tetrazole rings is 1. The van der Waals surface area contributed by atoms with Crippen LogP contribution in [0.5, 0.6) is 0 Å². The largest absolute Gasteiger partial charge is 0.322 e. The molecule has 0 aliphatic heterocycles. The van der Waals surface area contributed by atoms with Gasteiger partial charge in [0.15, 0.2) is 5.82 Å². The van der Waals surface area contributed by atoms with Gasteiger partial charge in [0, 0.05) is 24.2 Å². The Kier molecular flexibility index (Phi) is 7.18. The van der Waals surface area contributed by atoms with Gasteiger partial charge in [-0.2, -0.15) is 0 Å². The fraction of sp³-hybridized carbons (Fsp3) is 0.241. The highest BCUT2D eigenvalue weighted by Crippen LogP contribution is 2.27. The lowest BCUT2D eigenvalue weighted by atomic mass is 10.1. The Balaban J connectivity index is 1.51. The number of rotatable bonds is 9. The molecule has 0 fully saturated rings. The van der Waals surface area contributed by atoms with E-state index in [1.807, 2.05) is 43.3 Å². The summed E-state index contributed by atoms with van der Waals surface area (Å²) in [6.45, 7) is 5.60. The third kappa shape index (κ3) is 5.65. The van der Waals surface area contributed by atoms with E-state index in [2.05, 4.69) is 50.5 Å². The Morgan fingerprint density at radius 1 is 0.973 bits per heavy atom. The average Bonchev–Trinajstić information content (AvgIpc) is 3.35. The molecule has 0 unspecified atom stereocenters. The second-order valence-corrected chi connectivity index (χ2v) is 9.35. The molecule has 37 heavy (non-hydrogen) atoms. The monoisotopic (exact) mass is 496 g/mol. The normalized spacial score (nSPS) is 12.3. The summed E-state index contributed by atoms with van der Waals surface area (Å²) in [6.07, 6.45) is 0.737. The summed E-state index contributed by atoms with van der Waals surface area (Å²) in [5.41, 5.74) is 4.58. The van der Waals surface area contributed by atoms with E-state index in [1.54, 1.807) is 16.8 Å². The van der Waals surface area contributed by atoms with E-state index in [9.17, 15) is 9.18 Å². The van der Waals surface area contributed by atoms with Gasteiger partial charge < -0.3 is 4.98 Å². The molecule has 0 bridgehead atoms. The van der Waals surface area contributed by atoms with Crippen LogP contribution in [-0.2, 0) is 19.6 Å². The first kappa shape index (κ1) is 24.5. The van der Waals surface area contributed by atoms with Crippen LogP contribution >= 0.6 is 0 Å². The van der Waals surface area contributed by atoms with Crippen molar-refractivity contribution in [3.05, 3.63) is 123 Å². The number of nitrogens with zero attached hydrogens (tertiary/aromatic N) is 5. The van der Waals surface area contributed by atoms with Gasteiger partial charge in [-0.15, -0.1) is 5.10 Å². The number of benzene rings is 3. The lowest BCUT2D eigenvalue weighted by Gasteiger charge is -2.30. The minimum Gasteiger partial charge on any atom is -0.322 e. The number of aromatic nitrogens is 5. The zero-order chi connectivity index (χ0) is 25.8. The fourth-order valence-electron chi connectivity index (χ4n) is 4.73. The molecule has 0 spiro atoms. The molecule has 0 aliphatic rings. The third-order valence-electron chi connectivity index (χ3n) is 6.61. The number of halogens is 1. The van der Waals surface area contributed by atoms with Crippen LogP contribution in [0.4, 0.5) is 4.39 Å². The van der Waals surface area contributed by atoms with Crippen molar-refractivity contribution in [1.82, 2.24) is 30.1 Å². The maximum absolute atomic E-state index is 13.4. The number of pyridine rings is 1. The van der Waals surface area contributed by atoms with E-state index in [1.165, 1.54) is 12.1 Å². The SMILES string of the molecule is CC[C@@H](c1nnnn1Cc1ccc(F)cc1)N(Cc1ccccc1)Cc1cc2cc(C)ccc2[nH]c1=O. The van der Waals surface area contributed by atoms with E-state index in [0.29, 0.717) is 31.0 Å². The molecule has 5 rings (SSSR count). The van der Waals surface area contributed by atoms with Crippen LogP contribution < -0.4 is 5.56 Å². The second kappa shape index (κ2) is 10.8. The number of nitrogens with one attached hydrogen (secondary N) is 1. The summed E-state index contributed by atoms with van der Waals surface area (Å²) in [5, 5.41) is 13.6. The topological polar surface area (TPSA) is 79.7 Å². The summed E-state index contributed by atoms with van der Waals surface area (Å²) in [7, 11) is 0. The second-order valence-electron chi connectivity index (χ2n) is 9.35. The van der Waals surface area contributed by atoms with Crippen molar-refractivity contribution in [3.8, 4) is 0 Å². The number of fused-ring (bicyclic) bond motifs is 1. The molecule has 7 nitrogen and oxygen atoms in total. The molecule has 1 atom stereocenters. The van der Waals surface area contributed by atoms with Crippen molar-refractivity contribution in [2.24, 2.45) is 0 Å². The number of hydrogen-bond donors (Lipinski definition) is 1. The van der Waals surface area contributed by atoms with Gasteiger partial charge in [0.25, 0.3) is 5.56 Å². The van der Waals surface area contributed by atoms with Gasteiger partial charge in [-0.25, -0.2) is 9.07 Å². The molecule has 2 heterocycles. The van der Waals surface area contributed by atoms with Gasteiger partial charge in [0.2, 0.25) is 0 Å². The first-order valence-electron chi connectivity index (χ1n) is 12.4. The Hall–Kier alpha value is -4.17. The zero-order valence-corrected chi connectivity index (χ0v) is 20.9. The molecule has 0 amide bonds. The molecule has 8 heteroatoms. The molecule has 0 saturated carbocycles. The number of H-pyrrole nitrogens is 1. The maximum Gasteiger partial charge on any atom is 0.252 e. The highest BCUT2D eigenvalue weighted by Gasteiger charge is 2.26. The Morgan fingerprint density at radius 2 is 1.76 bits per heavy atom. The highest BCUT2D eigenvalue weighted by molar-refractivity contribution is 5.79. The predicted molar refractivity (Wildman–Crippen MR) is 141 cm³/mol. The van der Waals surface area contributed by atoms with Crippen molar-refractivity contribution in [3.63, 3.8) is 0 Å². The Labute approximate surface area is 214 Å². The van der Waals surface area contributed by atoms with Crippen molar-refractivity contribution in [2.45, 2.75) is 45.9 Å². The van der Waals surface area contributed by atoms with Crippen molar-refractivity contribution in [2.75, 3.05) is 0 Å². The lowest BCUT2D eigenvalue weighted by molar-refractivity contribution is 0.161. The predicted octanol–water partition coefficient (Wildman–Crippen LogP) is 5.16.